The molecular weight excluding hydrogens is 286 g/mol. The number of methoxy groups -OCH3 is 1. The maximum atomic E-state index is 10.9. The molecule has 0 spiro atoms. The third-order valence-electron chi connectivity index (χ3n) is 4.17. The molecule has 4 heteroatoms. The first kappa shape index (κ1) is 14.4. The predicted molar refractivity (Wildman–Crippen MR) is 82.9 cm³/mol. The molecule has 110 valence electrons. The van der Waals surface area contributed by atoms with Gasteiger partial charge in [-0.05, 0) is 47.7 Å². The fourth-order valence-electron chi connectivity index (χ4n) is 3.00. The van der Waals surface area contributed by atoms with Crippen LogP contribution in [0, 0.1) is 0 Å². The van der Waals surface area contributed by atoms with E-state index in [2.05, 4.69) is 11.1 Å². The van der Waals surface area contributed by atoms with Gasteiger partial charge in [-0.2, -0.15) is 0 Å². The monoisotopic (exact) mass is 303 g/mol. The molecule has 3 rings (SSSR count). The number of benzene rings is 1. The number of hydrogen-bond donors (Lipinski definition) is 1. The predicted octanol–water partition coefficient (Wildman–Crippen LogP) is 3.21. The molecule has 1 heterocycles. The number of halogens is 1. The van der Waals surface area contributed by atoms with Gasteiger partial charge in [0, 0.05) is 25.2 Å². The van der Waals surface area contributed by atoms with Gasteiger partial charge in [0.25, 0.3) is 0 Å². The molecule has 1 unspecified atom stereocenters. The summed E-state index contributed by atoms with van der Waals surface area (Å²) in [6.07, 6.45) is 6.12. The molecule has 0 bridgehead atoms. The second kappa shape index (κ2) is 5.66. The maximum absolute atomic E-state index is 10.9. The minimum atomic E-state index is -0.760. The van der Waals surface area contributed by atoms with E-state index in [1.165, 1.54) is 5.56 Å². The highest BCUT2D eigenvalue weighted by Crippen LogP contribution is 2.34. The van der Waals surface area contributed by atoms with Crippen LogP contribution in [0.3, 0.4) is 0 Å². The summed E-state index contributed by atoms with van der Waals surface area (Å²) < 4.78 is 5.27. The number of hydrogen-bond acceptors (Lipinski definition) is 3. The molecule has 1 aromatic carbocycles. The van der Waals surface area contributed by atoms with Gasteiger partial charge >= 0.3 is 0 Å². The Kier molecular flexibility index (Phi) is 3.87. The fraction of sp³-hybridized carbons (Fsp3) is 0.353. The SMILES string of the molecule is COc1ccc2c(c1)CC(O)(Cc1ccncc1Cl)CC2. The van der Waals surface area contributed by atoms with E-state index in [1.807, 2.05) is 18.2 Å². The van der Waals surface area contributed by atoms with Gasteiger partial charge in [0.05, 0.1) is 17.7 Å². The van der Waals surface area contributed by atoms with Crippen molar-refractivity contribution in [2.45, 2.75) is 31.3 Å². The smallest absolute Gasteiger partial charge is 0.119 e. The van der Waals surface area contributed by atoms with Crippen molar-refractivity contribution in [2.75, 3.05) is 7.11 Å². The maximum Gasteiger partial charge on any atom is 0.119 e. The molecular formula is C17H18ClNO2. The van der Waals surface area contributed by atoms with E-state index in [9.17, 15) is 5.11 Å². The van der Waals surface area contributed by atoms with Crippen molar-refractivity contribution in [3.8, 4) is 5.75 Å². The molecule has 0 aliphatic heterocycles. The average molecular weight is 304 g/mol. The van der Waals surface area contributed by atoms with Crippen molar-refractivity contribution in [3.63, 3.8) is 0 Å². The lowest BCUT2D eigenvalue weighted by atomic mass is 9.77. The molecule has 0 saturated carbocycles. The van der Waals surface area contributed by atoms with Crippen LogP contribution in [0.1, 0.15) is 23.1 Å². The molecule has 2 aromatic rings. The van der Waals surface area contributed by atoms with Gasteiger partial charge in [-0.25, -0.2) is 0 Å². The van der Waals surface area contributed by atoms with Gasteiger partial charge < -0.3 is 9.84 Å². The van der Waals surface area contributed by atoms with Crippen LogP contribution < -0.4 is 4.74 Å². The van der Waals surface area contributed by atoms with E-state index in [0.29, 0.717) is 17.9 Å². The van der Waals surface area contributed by atoms with Crippen LogP contribution in [-0.2, 0) is 19.3 Å². The third-order valence-corrected chi connectivity index (χ3v) is 4.51. The molecule has 1 aliphatic rings. The lowest BCUT2D eigenvalue weighted by molar-refractivity contribution is 0.0267. The van der Waals surface area contributed by atoms with E-state index in [-0.39, 0.29) is 0 Å². The topological polar surface area (TPSA) is 42.4 Å². The number of rotatable bonds is 3. The number of nitrogens with zero attached hydrogens (tertiary/aromatic N) is 1. The zero-order valence-electron chi connectivity index (χ0n) is 12.0. The van der Waals surface area contributed by atoms with E-state index < -0.39 is 5.60 Å². The molecule has 1 atom stereocenters. The number of pyridine rings is 1. The van der Waals surface area contributed by atoms with E-state index in [1.54, 1.807) is 19.5 Å². The standard InChI is InChI=1S/C17H18ClNO2/c1-21-15-3-2-12-4-6-17(20,10-14(12)8-15)9-13-5-7-19-11-16(13)18/h2-3,5,7-8,11,20H,4,6,9-10H2,1H3. The first-order chi connectivity index (χ1) is 10.1. The lowest BCUT2D eigenvalue weighted by Gasteiger charge is -2.34. The van der Waals surface area contributed by atoms with Crippen molar-refractivity contribution < 1.29 is 9.84 Å². The second-order valence-corrected chi connectivity index (χ2v) is 6.09. The summed E-state index contributed by atoms with van der Waals surface area (Å²) in [6, 6.07) is 7.96. The van der Waals surface area contributed by atoms with Crippen molar-refractivity contribution in [1.82, 2.24) is 4.98 Å². The summed E-state index contributed by atoms with van der Waals surface area (Å²) in [4.78, 5) is 3.99. The lowest BCUT2D eigenvalue weighted by Crippen LogP contribution is -2.38. The first-order valence-electron chi connectivity index (χ1n) is 7.06. The first-order valence-corrected chi connectivity index (χ1v) is 7.44. The molecule has 0 amide bonds. The summed E-state index contributed by atoms with van der Waals surface area (Å²) in [5.41, 5.74) is 2.64. The Hall–Kier alpha value is -1.58. The number of aliphatic hydroxyl groups is 1. The Balaban J connectivity index is 1.85. The molecule has 3 nitrogen and oxygen atoms in total. The van der Waals surface area contributed by atoms with Crippen LogP contribution in [-0.4, -0.2) is 22.8 Å². The van der Waals surface area contributed by atoms with Crippen LogP contribution in [0.15, 0.2) is 36.7 Å². The quantitative estimate of drug-likeness (QED) is 0.947. The number of ether oxygens (including phenoxy) is 1. The average Bonchev–Trinajstić information content (AvgIpc) is 2.48. The minimum absolute atomic E-state index is 0.547. The van der Waals surface area contributed by atoms with Gasteiger partial charge in [0.15, 0.2) is 0 Å². The van der Waals surface area contributed by atoms with Gasteiger partial charge in [-0.3, -0.25) is 4.98 Å². The largest absolute Gasteiger partial charge is 0.497 e. The van der Waals surface area contributed by atoms with Gasteiger partial charge in [0.2, 0.25) is 0 Å². The Bertz CT molecular complexity index is 659. The van der Waals surface area contributed by atoms with E-state index in [4.69, 9.17) is 16.3 Å². The van der Waals surface area contributed by atoms with Crippen molar-refractivity contribution in [3.05, 3.63) is 58.4 Å². The molecule has 21 heavy (non-hydrogen) atoms. The van der Waals surface area contributed by atoms with Gasteiger partial charge in [-0.1, -0.05) is 17.7 Å². The fourth-order valence-corrected chi connectivity index (χ4v) is 3.19. The number of fused-ring (bicyclic) bond motifs is 1. The summed E-state index contributed by atoms with van der Waals surface area (Å²) in [7, 11) is 1.66. The third kappa shape index (κ3) is 3.04. The molecule has 1 N–H and O–H groups in total. The summed E-state index contributed by atoms with van der Waals surface area (Å²) in [6.45, 7) is 0. The zero-order chi connectivity index (χ0) is 14.9. The molecule has 0 saturated heterocycles. The second-order valence-electron chi connectivity index (χ2n) is 5.68. The van der Waals surface area contributed by atoms with Crippen LogP contribution in [0.2, 0.25) is 5.02 Å². The summed E-state index contributed by atoms with van der Waals surface area (Å²) in [5, 5.41) is 11.6. The Morgan fingerprint density at radius 1 is 1.33 bits per heavy atom. The van der Waals surface area contributed by atoms with Crippen LogP contribution in [0.5, 0.6) is 5.75 Å². The van der Waals surface area contributed by atoms with E-state index >= 15 is 0 Å². The molecule has 1 aliphatic carbocycles. The normalized spacial score (nSPS) is 20.9. The van der Waals surface area contributed by atoms with Gasteiger partial charge in [0.1, 0.15) is 5.75 Å². The number of aromatic nitrogens is 1. The van der Waals surface area contributed by atoms with Crippen LogP contribution in [0.4, 0.5) is 0 Å². The summed E-state index contributed by atoms with van der Waals surface area (Å²) in [5.74, 6) is 0.833. The highest BCUT2D eigenvalue weighted by Gasteiger charge is 2.33. The van der Waals surface area contributed by atoms with Gasteiger partial charge in [-0.15, -0.1) is 0 Å². The van der Waals surface area contributed by atoms with Crippen molar-refractivity contribution in [2.24, 2.45) is 0 Å². The molecule has 0 radical (unpaired) electrons. The minimum Gasteiger partial charge on any atom is -0.497 e. The summed E-state index contributed by atoms with van der Waals surface area (Å²) >= 11 is 6.16. The van der Waals surface area contributed by atoms with E-state index in [0.717, 1.165) is 29.7 Å². The highest BCUT2D eigenvalue weighted by molar-refractivity contribution is 6.31. The number of aryl methyl sites for hydroxylation is 1. The van der Waals surface area contributed by atoms with Crippen molar-refractivity contribution in [1.29, 1.82) is 0 Å². The van der Waals surface area contributed by atoms with Crippen molar-refractivity contribution >= 4 is 11.6 Å². The molecule has 0 fully saturated rings. The highest BCUT2D eigenvalue weighted by atomic mass is 35.5. The zero-order valence-corrected chi connectivity index (χ0v) is 12.7. The van der Waals surface area contributed by atoms with Crippen LogP contribution >= 0.6 is 11.6 Å². The molecule has 1 aromatic heterocycles. The Labute approximate surface area is 129 Å². The van der Waals surface area contributed by atoms with Crippen LogP contribution in [0.25, 0.3) is 0 Å². The Morgan fingerprint density at radius 2 is 2.19 bits per heavy atom. The Morgan fingerprint density at radius 3 is 2.95 bits per heavy atom.